The summed E-state index contributed by atoms with van der Waals surface area (Å²) in [7, 11) is 0. The van der Waals surface area contributed by atoms with E-state index < -0.39 is 0 Å². The van der Waals surface area contributed by atoms with Crippen molar-refractivity contribution in [2.45, 2.75) is 27.7 Å². The normalized spacial score (nSPS) is 10.9. The Hall–Kier alpha value is -2.69. The van der Waals surface area contributed by atoms with Crippen LogP contribution in [0.1, 0.15) is 33.1 Å². The number of hydrogen-bond acceptors (Lipinski definition) is 4. The highest BCUT2D eigenvalue weighted by Gasteiger charge is 2.16. The highest BCUT2D eigenvalue weighted by atomic mass is 16.5. The van der Waals surface area contributed by atoms with Crippen LogP contribution in [0.15, 0.2) is 28.8 Å². The second-order valence-electron chi connectivity index (χ2n) is 5.47. The van der Waals surface area contributed by atoms with E-state index in [0.717, 1.165) is 16.5 Å². The summed E-state index contributed by atoms with van der Waals surface area (Å²) in [4.78, 5) is 17.1. The monoisotopic (exact) mass is 295 g/mol. The maximum absolute atomic E-state index is 12.5. The summed E-state index contributed by atoms with van der Waals surface area (Å²) in [6.07, 6.45) is 0. The number of pyridine rings is 1. The minimum atomic E-state index is -0.206. The fourth-order valence-electron chi connectivity index (χ4n) is 2.46. The molecule has 5 nitrogen and oxygen atoms in total. The van der Waals surface area contributed by atoms with Gasteiger partial charge < -0.3 is 9.84 Å². The molecular weight excluding hydrogens is 278 g/mol. The highest BCUT2D eigenvalue weighted by molar-refractivity contribution is 6.07. The summed E-state index contributed by atoms with van der Waals surface area (Å²) in [5, 5.41) is 7.65. The van der Waals surface area contributed by atoms with Crippen molar-refractivity contribution in [3.63, 3.8) is 0 Å². The molecular formula is C17H17N3O2. The summed E-state index contributed by atoms with van der Waals surface area (Å²) >= 11 is 0. The number of carbonyl (C=O) groups excluding carboxylic acids is 1. The lowest BCUT2D eigenvalue weighted by Crippen LogP contribution is -2.15. The van der Waals surface area contributed by atoms with Crippen LogP contribution in [0.3, 0.4) is 0 Å². The number of aromatic nitrogens is 2. The molecule has 2 aromatic heterocycles. The standard InChI is InChI=1S/C17H17N3O2/c1-9-5-6-15-13(7-9)8-14(10(2)18-15)17(21)19-16-11(3)20-22-12(16)4/h5-8H,1-4H3,(H,19,21). The number of rotatable bonds is 2. The number of nitrogens with one attached hydrogen (secondary N) is 1. The average Bonchev–Trinajstić information content (AvgIpc) is 2.78. The third kappa shape index (κ3) is 2.45. The Kier molecular flexibility index (Phi) is 3.41. The molecule has 0 saturated carbocycles. The van der Waals surface area contributed by atoms with E-state index in [1.54, 1.807) is 13.8 Å². The Balaban J connectivity index is 2.02. The minimum absolute atomic E-state index is 0.206. The lowest BCUT2D eigenvalue weighted by atomic mass is 10.1. The van der Waals surface area contributed by atoms with Gasteiger partial charge >= 0.3 is 0 Å². The SMILES string of the molecule is Cc1ccc2nc(C)c(C(=O)Nc3c(C)noc3C)cc2c1. The van der Waals surface area contributed by atoms with Crippen LogP contribution >= 0.6 is 0 Å². The van der Waals surface area contributed by atoms with Crippen LogP contribution in [-0.2, 0) is 0 Å². The Labute approximate surface area is 128 Å². The van der Waals surface area contributed by atoms with Crippen molar-refractivity contribution in [2.24, 2.45) is 0 Å². The van der Waals surface area contributed by atoms with Gasteiger partial charge in [-0.25, -0.2) is 0 Å². The van der Waals surface area contributed by atoms with E-state index in [4.69, 9.17) is 4.52 Å². The van der Waals surface area contributed by atoms with E-state index in [0.29, 0.717) is 28.4 Å². The molecule has 3 rings (SSSR count). The molecule has 1 aromatic carbocycles. The summed E-state index contributed by atoms with van der Waals surface area (Å²) in [5.74, 6) is 0.385. The third-order valence-electron chi connectivity index (χ3n) is 3.68. The molecule has 1 N–H and O–H groups in total. The first-order chi connectivity index (χ1) is 10.5. The van der Waals surface area contributed by atoms with E-state index >= 15 is 0 Å². The fourth-order valence-corrected chi connectivity index (χ4v) is 2.46. The molecule has 0 saturated heterocycles. The number of benzene rings is 1. The van der Waals surface area contributed by atoms with Gasteiger partial charge in [-0.1, -0.05) is 16.8 Å². The quantitative estimate of drug-likeness (QED) is 0.782. The van der Waals surface area contributed by atoms with Crippen molar-refractivity contribution >= 4 is 22.5 Å². The summed E-state index contributed by atoms with van der Waals surface area (Å²) in [6.45, 7) is 7.41. The van der Waals surface area contributed by atoms with Crippen LogP contribution in [0.2, 0.25) is 0 Å². The molecule has 0 atom stereocenters. The smallest absolute Gasteiger partial charge is 0.257 e. The lowest BCUT2D eigenvalue weighted by molar-refractivity contribution is 0.102. The molecule has 0 spiro atoms. The summed E-state index contributed by atoms with van der Waals surface area (Å²) < 4.78 is 5.07. The second-order valence-corrected chi connectivity index (χ2v) is 5.47. The summed E-state index contributed by atoms with van der Waals surface area (Å²) in [5.41, 5.74) is 4.55. The first kappa shape index (κ1) is 14.3. The number of anilines is 1. The second kappa shape index (κ2) is 5.26. The van der Waals surface area contributed by atoms with Gasteiger partial charge in [-0.2, -0.15) is 0 Å². The Morgan fingerprint density at radius 3 is 2.55 bits per heavy atom. The van der Waals surface area contributed by atoms with Gasteiger partial charge in [0.25, 0.3) is 5.91 Å². The Morgan fingerprint density at radius 2 is 1.86 bits per heavy atom. The molecule has 2 heterocycles. The molecule has 0 aliphatic heterocycles. The van der Waals surface area contributed by atoms with Crippen LogP contribution < -0.4 is 5.32 Å². The van der Waals surface area contributed by atoms with Gasteiger partial charge in [0.15, 0.2) is 5.76 Å². The molecule has 3 aromatic rings. The van der Waals surface area contributed by atoms with E-state index in [2.05, 4.69) is 15.5 Å². The molecule has 22 heavy (non-hydrogen) atoms. The molecule has 0 radical (unpaired) electrons. The lowest BCUT2D eigenvalue weighted by Gasteiger charge is -2.09. The number of fused-ring (bicyclic) bond motifs is 1. The van der Waals surface area contributed by atoms with E-state index in [1.807, 2.05) is 38.1 Å². The third-order valence-corrected chi connectivity index (χ3v) is 3.68. The number of aryl methyl sites for hydroxylation is 4. The molecule has 0 fully saturated rings. The molecule has 0 aliphatic carbocycles. The van der Waals surface area contributed by atoms with Gasteiger partial charge in [0.05, 0.1) is 16.8 Å². The van der Waals surface area contributed by atoms with Gasteiger partial charge in [0.2, 0.25) is 0 Å². The van der Waals surface area contributed by atoms with Crippen LogP contribution in [0, 0.1) is 27.7 Å². The first-order valence-electron chi connectivity index (χ1n) is 7.08. The zero-order chi connectivity index (χ0) is 15.9. The predicted octanol–water partition coefficient (Wildman–Crippen LogP) is 3.71. The molecule has 0 bridgehead atoms. The zero-order valence-corrected chi connectivity index (χ0v) is 13.0. The number of amides is 1. The van der Waals surface area contributed by atoms with Crippen molar-refractivity contribution in [3.8, 4) is 0 Å². The Morgan fingerprint density at radius 1 is 1.09 bits per heavy atom. The summed E-state index contributed by atoms with van der Waals surface area (Å²) in [6, 6.07) is 7.87. The van der Waals surface area contributed by atoms with Crippen molar-refractivity contribution < 1.29 is 9.32 Å². The maximum atomic E-state index is 12.5. The van der Waals surface area contributed by atoms with Gasteiger partial charge in [-0.3, -0.25) is 9.78 Å². The maximum Gasteiger partial charge on any atom is 0.257 e. The molecule has 5 heteroatoms. The molecule has 1 amide bonds. The van der Waals surface area contributed by atoms with Crippen molar-refractivity contribution in [1.29, 1.82) is 0 Å². The highest BCUT2D eigenvalue weighted by Crippen LogP contribution is 2.22. The largest absolute Gasteiger partial charge is 0.359 e. The number of hydrogen-bond donors (Lipinski definition) is 1. The van der Waals surface area contributed by atoms with Gasteiger partial charge in [-0.05, 0) is 45.9 Å². The molecule has 0 unspecified atom stereocenters. The zero-order valence-electron chi connectivity index (χ0n) is 13.0. The minimum Gasteiger partial charge on any atom is -0.359 e. The molecule has 0 aliphatic rings. The van der Waals surface area contributed by atoms with Crippen molar-refractivity contribution in [3.05, 3.63) is 52.5 Å². The van der Waals surface area contributed by atoms with Gasteiger partial charge in [-0.15, -0.1) is 0 Å². The average molecular weight is 295 g/mol. The van der Waals surface area contributed by atoms with Crippen LogP contribution in [0.5, 0.6) is 0 Å². The fraction of sp³-hybridized carbons (Fsp3) is 0.235. The van der Waals surface area contributed by atoms with Crippen LogP contribution in [-0.4, -0.2) is 16.0 Å². The topological polar surface area (TPSA) is 68.0 Å². The van der Waals surface area contributed by atoms with E-state index in [9.17, 15) is 4.79 Å². The van der Waals surface area contributed by atoms with Crippen molar-refractivity contribution in [1.82, 2.24) is 10.1 Å². The number of carbonyl (C=O) groups is 1. The predicted molar refractivity (Wildman–Crippen MR) is 85.1 cm³/mol. The van der Waals surface area contributed by atoms with E-state index in [-0.39, 0.29) is 5.91 Å². The van der Waals surface area contributed by atoms with Crippen molar-refractivity contribution in [2.75, 3.05) is 5.32 Å². The molecule has 112 valence electrons. The van der Waals surface area contributed by atoms with Gasteiger partial charge in [0, 0.05) is 5.39 Å². The Bertz CT molecular complexity index is 861. The number of nitrogens with zero attached hydrogens (tertiary/aromatic N) is 2. The van der Waals surface area contributed by atoms with Crippen LogP contribution in [0.25, 0.3) is 10.9 Å². The first-order valence-corrected chi connectivity index (χ1v) is 7.08. The van der Waals surface area contributed by atoms with Gasteiger partial charge in [0.1, 0.15) is 11.4 Å². The van der Waals surface area contributed by atoms with Crippen LogP contribution in [0.4, 0.5) is 5.69 Å². The van der Waals surface area contributed by atoms with E-state index in [1.165, 1.54) is 0 Å².